The van der Waals surface area contributed by atoms with Gasteiger partial charge in [0, 0.05) is 10.6 Å². The molecule has 0 unspecified atom stereocenters. The van der Waals surface area contributed by atoms with Gasteiger partial charge in [0.05, 0.1) is 11.5 Å². The van der Waals surface area contributed by atoms with Gasteiger partial charge in [-0.3, -0.25) is 0 Å². The van der Waals surface area contributed by atoms with E-state index in [2.05, 4.69) is 6.58 Å². The third-order valence-electron chi connectivity index (χ3n) is 3.91. The average Bonchev–Trinajstić information content (AvgIpc) is 2.64. The van der Waals surface area contributed by atoms with Gasteiger partial charge in [0.2, 0.25) is 5.88 Å². The third kappa shape index (κ3) is 4.72. The fraction of sp³-hybridized carbons (Fsp3) is 0.250. The second-order valence-electron chi connectivity index (χ2n) is 6.00. The number of esters is 2. The highest BCUT2D eigenvalue weighted by Crippen LogP contribution is 2.40. The highest BCUT2D eigenvalue weighted by atomic mass is 35.5. The van der Waals surface area contributed by atoms with Crippen molar-refractivity contribution in [2.75, 3.05) is 13.2 Å². The minimum absolute atomic E-state index is 0.0773. The number of rotatable bonds is 6. The molecule has 1 aliphatic heterocycles. The molecule has 0 aliphatic carbocycles. The topological polar surface area (TPSA) is 112 Å². The molecule has 1 aromatic rings. The van der Waals surface area contributed by atoms with Gasteiger partial charge in [-0.25, -0.2) is 9.59 Å². The molecule has 146 valence electrons. The van der Waals surface area contributed by atoms with Crippen molar-refractivity contribution in [2.24, 2.45) is 5.73 Å². The summed E-state index contributed by atoms with van der Waals surface area (Å²) in [5.41, 5.74) is 6.88. The van der Waals surface area contributed by atoms with Crippen LogP contribution in [0, 0.1) is 11.3 Å². The molecule has 0 bridgehead atoms. The smallest absolute Gasteiger partial charge is 0.338 e. The number of carbonyl (C=O) groups is 2. The lowest BCUT2D eigenvalue weighted by atomic mass is 9.83. The van der Waals surface area contributed by atoms with Gasteiger partial charge in [-0.15, -0.1) is 0 Å². The van der Waals surface area contributed by atoms with Crippen LogP contribution in [0.3, 0.4) is 0 Å². The largest absolute Gasteiger partial charge is 0.459 e. The van der Waals surface area contributed by atoms with Crippen LogP contribution in [0.1, 0.15) is 25.3 Å². The monoisotopic (exact) mass is 402 g/mol. The Labute approximate surface area is 167 Å². The highest BCUT2D eigenvalue weighted by molar-refractivity contribution is 6.30. The summed E-state index contributed by atoms with van der Waals surface area (Å²) in [4.78, 5) is 24.1. The van der Waals surface area contributed by atoms with E-state index in [0.29, 0.717) is 10.6 Å². The molecule has 0 radical (unpaired) electrons. The maximum Gasteiger partial charge on any atom is 0.338 e. The van der Waals surface area contributed by atoms with E-state index >= 15 is 0 Å². The molecule has 2 rings (SSSR count). The first-order valence-corrected chi connectivity index (χ1v) is 8.67. The standard InChI is InChI=1S/C20H19ClN2O5/c1-11(2)19(24)26-7-8-27-20(25)16-12(3)28-18(23)15(10-22)17(16)13-5-4-6-14(21)9-13/h4-6,9,17H,1,7-8,23H2,2-3H3/t17-/m1/s1. The van der Waals surface area contributed by atoms with Crippen molar-refractivity contribution in [1.82, 2.24) is 0 Å². The van der Waals surface area contributed by atoms with E-state index < -0.39 is 17.9 Å². The van der Waals surface area contributed by atoms with Gasteiger partial charge in [-0.05, 0) is 31.5 Å². The lowest BCUT2D eigenvalue weighted by Crippen LogP contribution is -2.26. The van der Waals surface area contributed by atoms with Crippen molar-refractivity contribution in [3.05, 3.63) is 69.8 Å². The van der Waals surface area contributed by atoms with E-state index in [1.54, 1.807) is 31.2 Å². The molecule has 8 heteroatoms. The Morgan fingerprint density at radius 2 is 2.04 bits per heavy atom. The van der Waals surface area contributed by atoms with E-state index in [9.17, 15) is 14.9 Å². The Kier molecular flexibility index (Phi) is 6.85. The quantitative estimate of drug-likeness (QED) is 0.442. The van der Waals surface area contributed by atoms with Crippen molar-refractivity contribution in [3.8, 4) is 6.07 Å². The number of carbonyl (C=O) groups excluding carboxylic acids is 2. The number of nitrogens with zero attached hydrogens (tertiary/aromatic N) is 1. The summed E-state index contributed by atoms with van der Waals surface area (Å²) in [5.74, 6) is -1.95. The summed E-state index contributed by atoms with van der Waals surface area (Å²) in [6, 6.07) is 8.72. The number of hydrogen-bond acceptors (Lipinski definition) is 7. The van der Waals surface area contributed by atoms with Crippen LogP contribution in [-0.4, -0.2) is 25.2 Å². The Morgan fingerprint density at radius 3 is 2.64 bits per heavy atom. The minimum Gasteiger partial charge on any atom is -0.459 e. The van der Waals surface area contributed by atoms with E-state index in [1.165, 1.54) is 6.92 Å². The molecule has 1 heterocycles. The fourth-order valence-electron chi connectivity index (χ4n) is 2.64. The van der Waals surface area contributed by atoms with Gasteiger partial charge in [0.15, 0.2) is 0 Å². The lowest BCUT2D eigenvalue weighted by Gasteiger charge is -2.27. The summed E-state index contributed by atoms with van der Waals surface area (Å²) in [6.07, 6.45) is 0. The van der Waals surface area contributed by atoms with Gasteiger partial charge in [0.1, 0.15) is 30.6 Å². The molecular weight excluding hydrogens is 384 g/mol. The van der Waals surface area contributed by atoms with Crippen LogP contribution in [0.2, 0.25) is 5.02 Å². The maximum atomic E-state index is 12.7. The van der Waals surface area contributed by atoms with Gasteiger partial charge < -0.3 is 19.9 Å². The van der Waals surface area contributed by atoms with Gasteiger partial charge in [-0.2, -0.15) is 5.26 Å². The number of nitrogens with two attached hydrogens (primary N) is 1. The van der Waals surface area contributed by atoms with E-state index in [4.69, 9.17) is 31.5 Å². The summed E-state index contributed by atoms with van der Waals surface area (Å²) in [6.45, 7) is 6.23. The molecule has 0 spiro atoms. The molecule has 0 aromatic heterocycles. The number of halogens is 1. The summed E-state index contributed by atoms with van der Waals surface area (Å²) < 4.78 is 15.5. The molecule has 0 saturated carbocycles. The van der Waals surface area contributed by atoms with Crippen molar-refractivity contribution in [2.45, 2.75) is 19.8 Å². The molecule has 1 atom stereocenters. The molecule has 2 N–H and O–H groups in total. The second kappa shape index (κ2) is 9.11. The van der Waals surface area contributed by atoms with Crippen molar-refractivity contribution >= 4 is 23.5 Å². The fourth-order valence-corrected chi connectivity index (χ4v) is 2.83. The molecule has 1 aromatic carbocycles. The predicted octanol–water partition coefficient (Wildman–Crippen LogP) is 3.08. The summed E-state index contributed by atoms with van der Waals surface area (Å²) in [7, 11) is 0. The first kappa shape index (κ1) is 21.1. The lowest BCUT2D eigenvalue weighted by molar-refractivity contribution is -0.147. The highest BCUT2D eigenvalue weighted by Gasteiger charge is 2.36. The van der Waals surface area contributed by atoms with Crippen LogP contribution in [0.15, 0.2) is 59.2 Å². The molecule has 7 nitrogen and oxygen atoms in total. The van der Waals surface area contributed by atoms with E-state index in [1.807, 2.05) is 6.07 Å². The van der Waals surface area contributed by atoms with Crippen LogP contribution in [0.25, 0.3) is 0 Å². The van der Waals surface area contributed by atoms with Crippen LogP contribution in [0.5, 0.6) is 0 Å². The number of ether oxygens (including phenoxy) is 3. The zero-order valence-electron chi connectivity index (χ0n) is 15.5. The average molecular weight is 403 g/mol. The van der Waals surface area contributed by atoms with Crippen LogP contribution >= 0.6 is 11.6 Å². The minimum atomic E-state index is -0.789. The zero-order chi connectivity index (χ0) is 20.8. The number of nitriles is 1. The van der Waals surface area contributed by atoms with Crippen molar-refractivity contribution in [3.63, 3.8) is 0 Å². The number of benzene rings is 1. The van der Waals surface area contributed by atoms with Gasteiger partial charge in [-0.1, -0.05) is 30.3 Å². The number of hydrogen-bond donors (Lipinski definition) is 1. The SMILES string of the molecule is C=C(C)C(=O)OCCOC(=O)C1=C(C)OC(N)=C(C#N)[C@H]1c1cccc(Cl)c1. The van der Waals surface area contributed by atoms with Crippen LogP contribution in [0.4, 0.5) is 0 Å². The molecule has 0 saturated heterocycles. The van der Waals surface area contributed by atoms with Crippen molar-refractivity contribution < 1.29 is 23.8 Å². The molecule has 0 fully saturated rings. The Hall–Kier alpha value is -3.24. The third-order valence-corrected chi connectivity index (χ3v) is 4.14. The van der Waals surface area contributed by atoms with E-state index in [-0.39, 0.29) is 41.6 Å². The first-order valence-electron chi connectivity index (χ1n) is 8.29. The van der Waals surface area contributed by atoms with Gasteiger partial charge in [0.25, 0.3) is 0 Å². The molecular formula is C20H19ClN2O5. The van der Waals surface area contributed by atoms with Crippen molar-refractivity contribution in [1.29, 1.82) is 5.26 Å². The Morgan fingerprint density at radius 1 is 1.36 bits per heavy atom. The maximum absolute atomic E-state index is 12.7. The Bertz CT molecular complexity index is 927. The van der Waals surface area contributed by atoms with Crippen LogP contribution < -0.4 is 5.73 Å². The van der Waals surface area contributed by atoms with E-state index in [0.717, 1.165) is 0 Å². The molecule has 1 aliphatic rings. The summed E-state index contributed by atoms with van der Waals surface area (Å²) >= 11 is 6.06. The Balaban J connectivity index is 2.25. The van der Waals surface area contributed by atoms with Crippen LogP contribution in [-0.2, 0) is 23.8 Å². The zero-order valence-corrected chi connectivity index (χ0v) is 16.2. The number of allylic oxidation sites excluding steroid dienone is 2. The second-order valence-corrected chi connectivity index (χ2v) is 6.44. The first-order chi connectivity index (χ1) is 13.3. The molecule has 0 amide bonds. The van der Waals surface area contributed by atoms with Gasteiger partial charge >= 0.3 is 11.9 Å². The summed E-state index contributed by atoms with van der Waals surface area (Å²) in [5, 5.41) is 9.98. The normalized spacial score (nSPS) is 16.1. The molecule has 28 heavy (non-hydrogen) atoms. The predicted molar refractivity (Wildman–Crippen MR) is 102 cm³/mol.